The SMILES string of the molecule is Cc1ccc2oc(C(N)Cc3ccc(Cl)c(F)c3)cc2c1. The third-order valence-corrected chi connectivity index (χ3v) is 3.80. The molecule has 2 aromatic carbocycles. The van der Waals surface area contributed by atoms with Crippen molar-refractivity contribution in [1.82, 2.24) is 0 Å². The van der Waals surface area contributed by atoms with Crippen LogP contribution in [0, 0.1) is 12.7 Å². The Bertz CT molecular complexity index is 797. The second-order valence-electron chi connectivity index (χ2n) is 5.25. The fraction of sp³-hybridized carbons (Fsp3) is 0.176. The zero-order valence-corrected chi connectivity index (χ0v) is 12.3. The molecule has 0 radical (unpaired) electrons. The summed E-state index contributed by atoms with van der Waals surface area (Å²) in [7, 11) is 0. The topological polar surface area (TPSA) is 39.2 Å². The van der Waals surface area contributed by atoms with Gasteiger partial charge in [0.15, 0.2) is 0 Å². The van der Waals surface area contributed by atoms with Crippen LogP contribution >= 0.6 is 11.6 Å². The molecule has 1 aromatic heterocycles. The first-order valence-electron chi connectivity index (χ1n) is 6.72. The molecule has 21 heavy (non-hydrogen) atoms. The van der Waals surface area contributed by atoms with Crippen LogP contribution in [-0.2, 0) is 6.42 Å². The molecule has 1 heterocycles. The van der Waals surface area contributed by atoms with Gasteiger partial charge in [0, 0.05) is 5.39 Å². The van der Waals surface area contributed by atoms with Crippen molar-refractivity contribution in [3.8, 4) is 0 Å². The van der Waals surface area contributed by atoms with Gasteiger partial charge >= 0.3 is 0 Å². The summed E-state index contributed by atoms with van der Waals surface area (Å²) >= 11 is 5.68. The van der Waals surface area contributed by atoms with Crippen LogP contribution in [0.4, 0.5) is 4.39 Å². The highest BCUT2D eigenvalue weighted by Crippen LogP contribution is 2.26. The third-order valence-electron chi connectivity index (χ3n) is 3.50. The number of aryl methyl sites for hydroxylation is 1. The van der Waals surface area contributed by atoms with Crippen molar-refractivity contribution in [3.63, 3.8) is 0 Å². The molecule has 4 heteroatoms. The van der Waals surface area contributed by atoms with Gasteiger partial charge in [0.2, 0.25) is 0 Å². The van der Waals surface area contributed by atoms with Gasteiger partial charge in [-0.15, -0.1) is 0 Å². The van der Waals surface area contributed by atoms with E-state index in [0.29, 0.717) is 12.2 Å². The second-order valence-corrected chi connectivity index (χ2v) is 5.66. The van der Waals surface area contributed by atoms with Crippen molar-refractivity contribution >= 4 is 22.6 Å². The molecule has 0 spiro atoms. The molecule has 2 N–H and O–H groups in total. The maximum atomic E-state index is 13.4. The van der Waals surface area contributed by atoms with E-state index >= 15 is 0 Å². The molecule has 108 valence electrons. The van der Waals surface area contributed by atoms with Crippen LogP contribution in [0.3, 0.4) is 0 Å². The highest BCUT2D eigenvalue weighted by Gasteiger charge is 2.14. The Morgan fingerprint density at radius 2 is 2.00 bits per heavy atom. The second kappa shape index (κ2) is 5.51. The molecule has 0 aliphatic heterocycles. The van der Waals surface area contributed by atoms with E-state index in [1.807, 2.05) is 25.1 Å². The molecule has 0 amide bonds. The predicted octanol–water partition coefficient (Wildman–Crippen LogP) is 4.78. The number of benzene rings is 2. The largest absolute Gasteiger partial charge is 0.459 e. The lowest BCUT2D eigenvalue weighted by Crippen LogP contribution is -2.12. The number of fused-ring (bicyclic) bond motifs is 1. The van der Waals surface area contributed by atoms with Crippen molar-refractivity contribution in [2.75, 3.05) is 0 Å². The Balaban J connectivity index is 1.85. The van der Waals surface area contributed by atoms with Gasteiger partial charge in [-0.3, -0.25) is 0 Å². The van der Waals surface area contributed by atoms with E-state index in [1.165, 1.54) is 11.6 Å². The molecule has 0 bridgehead atoms. The van der Waals surface area contributed by atoms with Gasteiger partial charge in [-0.2, -0.15) is 0 Å². The predicted molar refractivity (Wildman–Crippen MR) is 83.0 cm³/mol. The van der Waals surface area contributed by atoms with Crippen LogP contribution in [0.25, 0.3) is 11.0 Å². The molecule has 3 rings (SSSR count). The van der Waals surface area contributed by atoms with Crippen LogP contribution in [0.5, 0.6) is 0 Å². The lowest BCUT2D eigenvalue weighted by Gasteiger charge is -2.09. The summed E-state index contributed by atoms with van der Waals surface area (Å²) in [5.41, 5.74) is 8.94. The molecular formula is C17H15ClFNO. The smallest absolute Gasteiger partial charge is 0.142 e. The first kappa shape index (κ1) is 14.1. The van der Waals surface area contributed by atoms with Gasteiger partial charge in [-0.25, -0.2) is 4.39 Å². The molecule has 0 fully saturated rings. The van der Waals surface area contributed by atoms with E-state index in [9.17, 15) is 4.39 Å². The van der Waals surface area contributed by atoms with Crippen LogP contribution in [-0.4, -0.2) is 0 Å². The van der Waals surface area contributed by atoms with Gasteiger partial charge < -0.3 is 10.2 Å². The van der Waals surface area contributed by atoms with E-state index in [1.54, 1.807) is 12.1 Å². The van der Waals surface area contributed by atoms with Gasteiger partial charge in [0.05, 0.1) is 11.1 Å². The summed E-state index contributed by atoms with van der Waals surface area (Å²) in [6.45, 7) is 2.03. The molecule has 0 aliphatic carbocycles. The highest BCUT2D eigenvalue weighted by molar-refractivity contribution is 6.30. The molecule has 0 saturated heterocycles. The first-order valence-corrected chi connectivity index (χ1v) is 7.10. The van der Waals surface area contributed by atoms with Crippen molar-refractivity contribution in [1.29, 1.82) is 0 Å². The maximum absolute atomic E-state index is 13.4. The standard InChI is InChI=1S/C17H15ClFNO/c1-10-2-5-16-12(6-10)9-17(21-16)15(20)8-11-3-4-13(18)14(19)7-11/h2-7,9,15H,8,20H2,1H3. The van der Waals surface area contributed by atoms with Crippen LogP contribution < -0.4 is 5.73 Å². The Morgan fingerprint density at radius 3 is 2.76 bits per heavy atom. The third kappa shape index (κ3) is 2.94. The molecule has 3 aromatic rings. The van der Waals surface area contributed by atoms with Crippen molar-refractivity contribution in [2.24, 2.45) is 5.73 Å². The molecule has 1 unspecified atom stereocenters. The maximum Gasteiger partial charge on any atom is 0.142 e. The summed E-state index contributed by atoms with van der Waals surface area (Å²) in [6.07, 6.45) is 0.493. The number of nitrogens with two attached hydrogens (primary N) is 1. The number of rotatable bonds is 3. The number of hydrogen-bond acceptors (Lipinski definition) is 2. The highest BCUT2D eigenvalue weighted by atomic mass is 35.5. The van der Waals surface area contributed by atoms with Gasteiger partial charge in [-0.1, -0.05) is 29.3 Å². The normalized spacial score (nSPS) is 12.8. The quantitative estimate of drug-likeness (QED) is 0.756. The van der Waals surface area contributed by atoms with Crippen LogP contribution in [0.2, 0.25) is 5.02 Å². The van der Waals surface area contributed by atoms with E-state index in [0.717, 1.165) is 16.5 Å². The van der Waals surface area contributed by atoms with Gasteiger partial charge in [0.25, 0.3) is 0 Å². The summed E-state index contributed by atoms with van der Waals surface area (Å²) < 4.78 is 19.2. The Hall–Kier alpha value is -1.84. The number of furan rings is 1. The fourth-order valence-corrected chi connectivity index (χ4v) is 2.50. The zero-order chi connectivity index (χ0) is 15.0. The van der Waals surface area contributed by atoms with Gasteiger partial charge in [0.1, 0.15) is 17.2 Å². The average molecular weight is 304 g/mol. The van der Waals surface area contributed by atoms with Crippen LogP contribution in [0.1, 0.15) is 22.9 Å². The zero-order valence-electron chi connectivity index (χ0n) is 11.6. The molecule has 1 atom stereocenters. The number of halogens is 2. The summed E-state index contributed by atoms with van der Waals surface area (Å²) in [4.78, 5) is 0. The molecular weight excluding hydrogens is 289 g/mol. The van der Waals surface area contributed by atoms with Crippen LogP contribution in [0.15, 0.2) is 46.9 Å². The Kier molecular flexibility index (Phi) is 3.70. The van der Waals surface area contributed by atoms with E-state index in [4.69, 9.17) is 21.8 Å². The average Bonchev–Trinajstić information content (AvgIpc) is 2.86. The fourth-order valence-electron chi connectivity index (χ4n) is 2.39. The lowest BCUT2D eigenvalue weighted by molar-refractivity contribution is 0.493. The monoisotopic (exact) mass is 303 g/mol. The van der Waals surface area contributed by atoms with Crippen molar-refractivity contribution in [3.05, 3.63) is 70.2 Å². The van der Waals surface area contributed by atoms with E-state index in [-0.39, 0.29) is 11.1 Å². The Labute approximate surface area is 127 Å². The summed E-state index contributed by atoms with van der Waals surface area (Å²) in [5.74, 6) is 0.271. The number of hydrogen-bond donors (Lipinski definition) is 1. The minimum Gasteiger partial charge on any atom is -0.459 e. The molecule has 0 aliphatic rings. The van der Waals surface area contributed by atoms with E-state index < -0.39 is 5.82 Å². The molecule has 0 saturated carbocycles. The summed E-state index contributed by atoms with van der Waals surface area (Å²) in [5, 5.41) is 1.15. The van der Waals surface area contributed by atoms with Crippen molar-refractivity contribution < 1.29 is 8.81 Å². The van der Waals surface area contributed by atoms with Gasteiger partial charge in [-0.05, 0) is 49.2 Å². The van der Waals surface area contributed by atoms with E-state index in [2.05, 4.69) is 6.07 Å². The molecule has 2 nitrogen and oxygen atoms in total. The minimum absolute atomic E-state index is 0.117. The lowest BCUT2D eigenvalue weighted by atomic mass is 10.0. The minimum atomic E-state index is -0.429. The Morgan fingerprint density at radius 1 is 1.19 bits per heavy atom. The summed E-state index contributed by atoms with van der Waals surface area (Å²) in [6, 6.07) is 12.3. The van der Waals surface area contributed by atoms with Crippen molar-refractivity contribution in [2.45, 2.75) is 19.4 Å². The first-order chi connectivity index (χ1) is 10.0.